The molecule has 0 N–H and O–H groups in total. The number of rotatable bonds is 0. The predicted octanol–water partition coefficient (Wildman–Crippen LogP) is 7.47. The zero-order chi connectivity index (χ0) is 13.2. The number of hydrogen-bond donors (Lipinski definition) is 0. The molecule has 1 saturated carbocycles. The molecule has 0 saturated heterocycles. The van der Waals surface area contributed by atoms with Crippen LogP contribution in [0.4, 0.5) is 0 Å². The molecule has 0 radical (unpaired) electrons. The minimum Gasteiger partial charge on any atom is -0.0852 e. The van der Waals surface area contributed by atoms with Crippen molar-refractivity contribution in [3.05, 3.63) is 0 Å². The smallest absolute Gasteiger partial charge is 0.0852 e. The molecule has 1 aliphatic rings. The first-order valence-electron chi connectivity index (χ1n) is 3.61. The minimum absolute atomic E-state index is 0.0840. The van der Waals surface area contributed by atoms with Crippen molar-refractivity contribution in [2.75, 3.05) is 0 Å². The van der Waals surface area contributed by atoms with Gasteiger partial charge in [-0.1, -0.05) is 159 Å². The molecule has 10 heteroatoms. The van der Waals surface area contributed by atoms with Gasteiger partial charge >= 0.3 is 0 Å². The molecule has 0 amide bonds. The maximum atomic E-state index is 3.70. The quantitative estimate of drug-likeness (QED) is 0.222. The van der Waals surface area contributed by atoms with E-state index in [0.717, 1.165) is 0 Å². The molecule has 2 atom stereocenters. The first-order chi connectivity index (χ1) is 6.82. The Morgan fingerprint density at radius 1 is 0.500 bits per heavy atom. The second-order valence-electron chi connectivity index (χ2n) is 3.20. The highest BCUT2D eigenvalue weighted by Crippen LogP contribution is 2.74. The minimum atomic E-state index is -0.522. The average Bonchev–Trinajstić information content (AvgIpc) is 2.12. The summed E-state index contributed by atoms with van der Waals surface area (Å²) in [4.78, 5) is 0.168. The summed E-state index contributed by atoms with van der Waals surface area (Å²) in [7, 11) is 0. The monoisotopic (exact) mass is 863 g/mol. The number of hydrogen-bond acceptors (Lipinski definition) is 0. The zero-order valence-corrected chi connectivity index (χ0v) is 22.8. The van der Waals surface area contributed by atoms with Crippen LogP contribution < -0.4 is 0 Å². The van der Waals surface area contributed by atoms with Gasteiger partial charge in [0.1, 0.15) is 12.9 Å². The van der Waals surface area contributed by atoms with E-state index in [9.17, 15) is 0 Å². The van der Waals surface area contributed by atoms with E-state index in [1.807, 2.05) is 0 Å². The Bertz CT molecular complexity index is 264. The fourth-order valence-corrected chi connectivity index (χ4v) is 11.9. The van der Waals surface area contributed by atoms with Gasteiger partial charge in [0, 0.05) is 0 Å². The lowest BCUT2D eigenvalue weighted by Gasteiger charge is -2.58. The molecule has 0 spiro atoms. The van der Waals surface area contributed by atoms with Crippen LogP contribution in [0.5, 0.6) is 0 Å². The van der Waals surface area contributed by atoms with Crippen LogP contribution in [0.2, 0.25) is 0 Å². The van der Waals surface area contributed by atoms with E-state index < -0.39 is 12.9 Å². The van der Waals surface area contributed by atoms with Gasteiger partial charge in [-0.05, 0) is 0 Å². The third-order valence-corrected chi connectivity index (χ3v) is 23.4. The van der Waals surface area contributed by atoms with Crippen LogP contribution in [0, 0.1) is 0 Å². The topological polar surface area (TPSA) is 0 Å². The Morgan fingerprint density at radius 2 is 0.688 bits per heavy atom. The molecular formula is C6H2Br10. The van der Waals surface area contributed by atoms with Crippen molar-refractivity contribution in [3.63, 3.8) is 0 Å². The molecule has 2 unspecified atom stereocenters. The SMILES string of the molecule is BrC1C(Br)C(Br)(Br)C(Br)(Br)C(Br)(Br)C1(Br)Br. The van der Waals surface area contributed by atoms with Crippen molar-refractivity contribution >= 4 is 159 Å². The molecule has 0 nitrogen and oxygen atoms in total. The molecule has 0 bridgehead atoms. The fraction of sp³-hybridized carbons (Fsp3) is 1.00. The summed E-state index contributed by atoms with van der Waals surface area (Å²) in [6.45, 7) is 0. The van der Waals surface area contributed by atoms with Crippen LogP contribution in [0.25, 0.3) is 0 Å². The van der Waals surface area contributed by atoms with Crippen LogP contribution in [0.15, 0.2) is 0 Å². The summed E-state index contributed by atoms with van der Waals surface area (Å²) < 4.78 is -1.91. The maximum absolute atomic E-state index is 3.70. The van der Waals surface area contributed by atoms with Crippen molar-refractivity contribution in [3.8, 4) is 0 Å². The van der Waals surface area contributed by atoms with Gasteiger partial charge in [-0.3, -0.25) is 0 Å². The molecular weight excluding hydrogens is 871 g/mol. The largest absolute Gasteiger partial charge is 0.134 e. The van der Waals surface area contributed by atoms with Gasteiger partial charge in [0.25, 0.3) is 0 Å². The molecule has 96 valence electrons. The van der Waals surface area contributed by atoms with E-state index in [1.165, 1.54) is 0 Å². The molecule has 16 heavy (non-hydrogen) atoms. The Hall–Kier alpha value is 4.80. The first kappa shape index (κ1) is 18.8. The van der Waals surface area contributed by atoms with Crippen molar-refractivity contribution < 1.29 is 0 Å². The number of halogens is 10. The summed E-state index contributed by atoms with van der Waals surface area (Å²) in [5, 5.41) is 0. The lowest BCUT2D eigenvalue weighted by molar-refractivity contribution is 0.531. The van der Waals surface area contributed by atoms with Crippen LogP contribution >= 0.6 is 159 Å². The lowest BCUT2D eigenvalue weighted by Crippen LogP contribution is -2.69. The second-order valence-corrected chi connectivity index (χ2v) is 19.2. The van der Waals surface area contributed by atoms with Crippen LogP contribution in [-0.4, -0.2) is 22.6 Å². The van der Waals surface area contributed by atoms with Crippen molar-refractivity contribution in [1.82, 2.24) is 0 Å². The van der Waals surface area contributed by atoms with E-state index in [2.05, 4.69) is 159 Å². The zero-order valence-electron chi connectivity index (χ0n) is 6.93. The Morgan fingerprint density at radius 3 is 0.875 bits per heavy atom. The van der Waals surface area contributed by atoms with Crippen LogP contribution in [0.1, 0.15) is 0 Å². The van der Waals surface area contributed by atoms with Gasteiger partial charge < -0.3 is 0 Å². The summed E-state index contributed by atoms with van der Waals surface area (Å²) in [5.74, 6) is 0. The normalized spacial score (nSPS) is 39.4. The lowest BCUT2D eigenvalue weighted by atomic mass is 9.99. The van der Waals surface area contributed by atoms with Gasteiger partial charge in [-0.25, -0.2) is 0 Å². The summed E-state index contributed by atoms with van der Waals surface area (Å²) in [6, 6.07) is 0. The third-order valence-electron chi connectivity index (χ3n) is 2.18. The molecule has 0 aliphatic heterocycles. The summed E-state index contributed by atoms with van der Waals surface area (Å²) in [6.07, 6.45) is 0. The van der Waals surface area contributed by atoms with Gasteiger partial charge in [-0.2, -0.15) is 0 Å². The Kier molecular flexibility index (Phi) is 6.81. The van der Waals surface area contributed by atoms with Crippen molar-refractivity contribution in [2.24, 2.45) is 0 Å². The molecule has 0 aromatic rings. The van der Waals surface area contributed by atoms with Gasteiger partial charge in [0.2, 0.25) is 0 Å². The average molecular weight is 873 g/mol. The van der Waals surface area contributed by atoms with E-state index >= 15 is 0 Å². The van der Waals surface area contributed by atoms with Crippen LogP contribution in [-0.2, 0) is 0 Å². The summed E-state index contributed by atoms with van der Waals surface area (Å²) >= 11 is 36.9. The van der Waals surface area contributed by atoms with Gasteiger partial charge in [-0.15, -0.1) is 0 Å². The first-order valence-corrected chi connectivity index (χ1v) is 11.8. The highest BCUT2D eigenvalue weighted by molar-refractivity contribution is 9.35. The van der Waals surface area contributed by atoms with Crippen molar-refractivity contribution in [1.29, 1.82) is 0 Å². The maximum Gasteiger partial charge on any atom is 0.134 e. The van der Waals surface area contributed by atoms with Crippen molar-refractivity contribution in [2.45, 2.75) is 22.6 Å². The molecule has 0 aromatic heterocycles. The van der Waals surface area contributed by atoms with E-state index in [1.54, 1.807) is 0 Å². The van der Waals surface area contributed by atoms with E-state index in [-0.39, 0.29) is 9.65 Å². The fourth-order valence-electron chi connectivity index (χ4n) is 1.13. The molecule has 1 fully saturated rings. The molecule has 0 aromatic carbocycles. The van der Waals surface area contributed by atoms with Gasteiger partial charge in [0.15, 0.2) is 0 Å². The van der Waals surface area contributed by atoms with Gasteiger partial charge in [0.05, 0.1) is 9.65 Å². The Labute approximate surface area is 178 Å². The molecule has 1 rings (SSSR count). The third kappa shape index (κ3) is 2.61. The highest BCUT2D eigenvalue weighted by Gasteiger charge is 2.74. The highest BCUT2D eigenvalue weighted by atomic mass is 79.9. The van der Waals surface area contributed by atoms with Crippen LogP contribution in [0.3, 0.4) is 0 Å². The summed E-state index contributed by atoms with van der Waals surface area (Å²) in [5.41, 5.74) is 0. The van der Waals surface area contributed by atoms with E-state index in [0.29, 0.717) is 0 Å². The Balaban J connectivity index is 3.42. The molecule has 1 aliphatic carbocycles. The number of alkyl halides is 10. The predicted molar refractivity (Wildman–Crippen MR) is 108 cm³/mol. The van der Waals surface area contributed by atoms with E-state index in [4.69, 9.17) is 0 Å². The second kappa shape index (κ2) is 5.78. The molecule has 0 heterocycles. The standard InChI is InChI=1S/C6H2Br10/c7-1-2(8)4(11,12)6(15,16)5(13,14)3(1,9)10/h1-2H.